The van der Waals surface area contributed by atoms with E-state index in [-0.39, 0.29) is 0 Å². The summed E-state index contributed by atoms with van der Waals surface area (Å²) in [5.41, 5.74) is 15.7. The molecule has 6 heterocycles. The van der Waals surface area contributed by atoms with Gasteiger partial charge >= 0.3 is 0 Å². The summed E-state index contributed by atoms with van der Waals surface area (Å²) in [6.07, 6.45) is 0. The summed E-state index contributed by atoms with van der Waals surface area (Å²) in [5, 5.41) is 9.77. The molecule has 0 saturated carbocycles. The lowest BCUT2D eigenvalue weighted by Gasteiger charge is -2.13. The van der Waals surface area contributed by atoms with Gasteiger partial charge in [0.1, 0.15) is 11.6 Å². The molecule has 0 saturated heterocycles. The molecule has 8 aromatic carbocycles. The highest BCUT2D eigenvalue weighted by molar-refractivity contribution is 6.20. The van der Waals surface area contributed by atoms with E-state index in [0.717, 1.165) is 78.6 Å². The average molecular weight is 845 g/mol. The predicted octanol–water partition coefficient (Wildman–Crippen LogP) is 15.1. The second-order valence-corrected chi connectivity index (χ2v) is 17.6. The molecule has 0 fully saturated rings. The van der Waals surface area contributed by atoms with Gasteiger partial charge in [-0.3, -0.25) is 9.13 Å². The number of fused-ring (bicyclic) bond motifs is 12. The first-order valence-electron chi connectivity index (χ1n) is 22.6. The summed E-state index contributed by atoms with van der Waals surface area (Å²) >= 11 is 0. The molecule has 6 heteroatoms. The quantitative estimate of drug-likeness (QED) is 0.173. The third-order valence-corrected chi connectivity index (χ3v) is 13.7. The summed E-state index contributed by atoms with van der Waals surface area (Å²) in [4.78, 5) is 10.0. The normalized spacial score (nSPS) is 12.1. The topological polar surface area (TPSA) is 45.5 Å². The number of benzene rings is 8. The molecule has 310 valence electrons. The molecule has 14 aromatic rings. The maximum absolute atomic E-state index is 5.02. The van der Waals surface area contributed by atoms with E-state index in [2.05, 4.69) is 238 Å². The van der Waals surface area contributed by atoms with Crippen molar-refractivity contribution in [3.63, 3.8) is 0 Å². The lowest BCUT2D eigenvalue weighted by molar-refractivity contribution is 1.05. The number of nitrogens with zero attached hydrogens (tertiary/aromatic N) is 6. The Morgan fingerprint density at radius 2 is 0.591 bits per heavy atom. The largest absolute Gasteiger partial charge is 0.309 e. The Hall–Kier alpha value is -8.74. The Labute approximate surface area is 379 Å². The summed E-state index contributed by atoms with van der Waals surface area (Å²) in [7, 11) is 0. The molecule has 6 aromatic heterocycles. The van der Waals surface area contributed by atoms with Gasteiger partial charge < -0.3 is 9.13 Å². The van der Waals surface area contributed by atoms with E-state index >= 15 is 0 Å². The smallest absolute Gasteiger partial charge is 0.137 e. The van der Waals surface area contributed by atoms with Crippen molar-refractivity contribution >= 4 is 87.2 Å². The first-order valence-corrected chi connectivity index (χ1v) is 22.6. The predicted molar refractivity (Wildman–Crippen MR) is 274 cm³/mol. The lowest BCUT2D eigenvalue weighted by Crippen LogP contribution is -1.99. The number of hydrogen-bond acceptors (Lipinski definition) is 2. The molecule has 0 aliphatic heterocycles. The van der Waals surface area contributed by atoms with Crippen LogP contribution in [0, 0.1) is 13.8 Å². The molecule has 0 spiro atoms. The first-order chi connectivity index (χ1) is 32.6. The molecule has 14 rings (SSSR count). The Balaban J connectivity index is 0.964. The highest BCUT2D eigenvalue weighted by atomic mass is 15.1. The minimum absolute atomic E-state index is 0.920. The number of pyridine rings is 2. The van der Waals surface area contributed by atoms with Gasteiger partial charge in [0.15, 0.2) is 0 Å². The molecular formula is C60H40N6. The molecule has 0 atom stereocenters. The number of aryl methyl sites for hydroxylation is 2. The summed E-state index contributed by atoms with van der Waals surface area (Å²) in [6.45, 7) is 4.11. The van der Waals surface area contributed by atoms with Gasteiger partial charge in [0.25, 0.3) is 0 Å². The number of para-hydroxylation sites is 4. The van der Waals surface area contributed by atoms with Gasteiger partial charge in [-0.05, 0) is 122 Å². The maximum Gasteiger partial charge on any atom is 0.137 e. The van der Waals surface area contributed by atoms with E-state index in [1.54, 1.807) is 0 Å². The number of hydrogen-bond donors (Lipinski definition) is 0. The van der Waals surface area contributed by atoms with Crippen LogP contribution in [-0.4, -0.2) is 28.2 Å². The van der Waals surface area contributed by atoms with Crippen molar-refractivity contribution in [3.05, 3.63) is 218 Å². The van der Waals surface area contributed by atoms with Gasteiger partial charge in [-0.1, -0.05) is 109 Å². The Morgan fingerprint density at radius 3 is 0.970 bits per heavy atom. The van der Waals surface area contributed by atoms with Crippen molar-refractivity contribution < 1.29 is 0 Å². The van der Waals surface area contributed by atoms with Crippen LogP contribution in [0.4, 0.5) is 0 Å². The van der Waals surface area contributed by atoms with Crippen molar-refractivity contribution in [2.24, 2.45) is 0 Å². The SMILES string of the molecule is Cc1cccc(-n2c3ccccc3c3cc4c5ccccc5n(-c5cccc(-c6cccc(-n7c8ccccc8c8cc9c%10ccccc%10n(-c%10cccc(C)n%10)c9cc87)c6)c5)c4cc32)n1. The molecule has 6 nitrogen and oxygen atoms in total. The van der Waals surface area contributed by atoms with E-state index in [4.69, 9.17) is 9.97 Å². The molecule has 0 aliphatic carbocycles. The fourth-order valence-electron chi connectivity index (χ4n) is 10.9. The third kappa shape index (κ3) is 5.30. The van der Waals surface area contributed by atoms with E-state index in [1.807, 2.05) is 0 Å². The molecule has 0 unspecified atom stereocenters. The van der Waals surface area contributed by atoms with Crippen LogP contribution in [0.25, 0.3) is 121 Å². The van der Waals surface area contributed by atoms with Crippen LogP contribution in [-0.2, 0) is 0 Å². The first kappa shape index (κ1) is 36.7. The van der Waals surface area contributed by atoms with Crippen molar-refractivity contribution in [1.82, 2.24) is 28.2 Å². The molecule has 0 radical (unpaired) electrons. The molecule has 0 bridgehead atoms. The lowest BCUT2D eigenvalue weighted by atomic mass is 10.0. The van der Waals surface area contributed by atoms with Gasteiger partial charge in [0.05, 0.1) is 44.1 Å². The van der Waals surface area contributed by atoms with Crippen LogP contribution in [0.15, 0.2) is 206 Å². The summed E-state index contributed by atoms with van der Waals surface area (Å²) in [5.74, 6) is 1.84. The van der Waals surface area contributed by atoms with Crippen molar-refractivity contribution in [2.75, 3.05) is 0 Å². The standard InChI is InChI=1S/C60H40N6/c1-37-15-11-29-59(61-37)65-53-27-9-5-23-45(53)49-33-47-43-21-3-7-25-51(43)63(55(47)35-57(49)65)41-19-13-17-39(31-41)40-18-14-20-42(32-40)64-52-26-8-4-22-44(52)48-34-50-46-24-6-10-28-54(46)66(58(50)36-56(48)64)60-30-12-16-38(2)62-60/h3-36H,1-2H3. The van der Waals surface area contributed by atoms with Crippen LogP contribution in [0.1, 0.15) is 11.4 Å². The van der Waals surface area contributed by atoms with E-state index < -0.39 is 0 Å². The summed E-state index contributed by atoms with van der Waals surface area (Å²) < 4.78 is 9.51. The van der Waals surface area contributed by atoms with Crippen molar-refractivity contribution in [2.45, 2.75) is 13.8 Å². The fourth-order valence-corrected chi connectivity index (χ4v) is 10.9. The highest BCUT2D eigenvalue weighted by Crippen LogP contribution is 2.42. The van der Waals surface area contributed by atoms with E-state index in [9.17, 15) is 0 Å². The third-order valence-electron chi connectivity index (χ3n) is 13.7. The molecular weight excluding hydrogens is 805 g/mol. The zero-order valence-electron chi connectivity index (χ0n) is 36.3. The maximum atomic E-state index is 5.02. The minimum Gasteiger partial charge on any atom is -0.309 e. The molecule has 0 amide bonds. The fraction of sp³-hybridized carbons (Fsp3) is 0.0333. The van der Waals surface area contributed by atoms with Crippen molar-refractivity contribution in [1.29, 1.82) is 0 Å². The van der Waals surface area contributed by atoms with Crippen LogP contribution < -0.4 is 0 Å². The monoisotopic (exact) mass is 844 g/mol. The van der Waals surface area contributed by atoms with E-state index in [0.29, 0.717) is 0 Å². The van der Waals surface area contributed by atoms with Crippen LogP contribution in [0.3, 0.4) is 0 Å². The number of rotatable bonds is 5. The molecule has 0 N–H and O–H groups in total. The Morgan fingerprint density at radius 1 is 0.258 bits per heavy atom. The zero-order valence-corrected chi connectivity index (χ0v) is 36.3. The van der Waals surface area contributed by atoms with E-state index in [1.165, 1.54) is 54.1 Å². The molecule has 0 aliphatic rings. The number of aromatic nitrogens is 6. The molecule has 66 heavy (non-hydrogen) atoms. The van der Waals surface area contributed by atoms with Gasteiger partial charge in [-0.2, -0.15) is 0 Å². The second-order valence-electron chi connectivity index (χ2n) is 17.6. The van der Waals surface area contributed by atoms with Gasteiger partial charge in [0.2, 0.25) is 0 Å². The van der Waals surface area contributed by atoms with Gasteiger partial charge in [0, 0.05) is 65.9 Å². The highest BCUT2D eigenvalue weighted by Gasteiger charge is 2.21. The Kier molecular flexibility index (Phi) is 7.72. The van der Waals surface area contributed by atoms with Crippen LogP contribution in [0.5, 0.6) is 0 Å². The average Bonchev–Trinajstić information content (AvgIpc) is 4.07. The van der Waals surface area contributed by atoms with Crippen LogP contribution >= 0.6 is 0 Å². The van der Waals surface area contributed by atoms with Gasteiger partial charge in [-0.25, -0.2) is 9.97 Å². The van der Waals surface area contributed by atoms with Crippen LogP contribution in [0.2, 0.25) is 0 Å². The zero-order chi connectivity index (χ0) is 43.6. The second kappa shape index (κ2) is 13.9. The van der Waals surface area contributed by atoms with Gasteiger partial charge in [-0.15, -0.1) is 0 Å². The minimum atomic E-state index is 0.920. The Bertz CT molecular complexity index is 4050. The van der Waals surface area contributed by atoms with Crippen molar-refractivity contribution in [3.8, 4) is 34.1 Å². The summed E-state index contributed by atoms with van der Waals surface area (Å²) in [6, 6.07) is 75.0.